The van der Waals surface area contributed by atoms with Crippen LogP contribution in [0.15, 0.2) is 89.3 Å². The molecule has 0 aliphatic rings. The molecule has 0 saturated heterocycles. The molecule has 0 spiro atoms. The van der Waals surface area contributed by atoms with Crippen LogP contribution in [0.1, 0.15) is 0 Å². The summed E-state index contributed by atoms with van der Waals surface area (Å²) in [7, 11) is 0. The number of furan rings is 1. The summed E-state index contributed by atoms with van der Waals surface area (Å²) in [4.78, 5) is 13.6. The van der Waals surface area contributed by atoms with E-state index in [9.17, 15) is 0 Å². The van der Waals surface area contributed by atoms with Crippen molar-refractivity contribution in [3.05, 3.63) is 90.2 Å². The lowest BCUT2D eigenvalue weighted by molar-refractivity contribution is 0.672. The van der Waals surface area contributed by atoms with E-state index >= 15 is 0 Å². The number of rotatable bonds is 2. The first-order chi connectivity index (χ1) is 14.8. The molecule has 0 saturated carbocycles. The number of halogens is 1. The van der Waals surface area contributed by atoms with Crippen molar-refractivity contribution in [2.45, 2.75) is 0 Å². The van der Waals surface area contributed by atoms with Crippen LogP contribution in [0.2, 0.25) is 5.28 Å². The second-order valence-electron chi connectivity index (χ2n) is 7.06. The Morgan fingerprint density at radius 2 is 1.27 bits per heavy atom. The molecule has 0 radical (unpaired) electrons. The van der Waals surface area contributed by atoms with E-state index in [1.807, 2.05) is 60.7 Å². The maximum Gasteiger partial charge on any atom is 0.226 e. The van der Waals surface area contributed by atoms with E-state index in [0.29, 0.717) is 11.6 Å². The molecular weight excluding hydrogens is 394 g/mol. The van der Waals surface area contributed by atoms with Crippen LogP contribution in [0.5, 0.6) is 0 Å². The second kappa shape index (κ2) is 6.65. The van der Waals surface area contributed by atoms with Crippen molar-refractivity contribution in [3.8, 4) is 22.8 Å². The lowest BCUT2D eigenvalue weighted by Gasteiger charge is -2.09. The summed E-state index contributed by atoms with van der Waals surface area (Å²) in [5.41, 5.74) is 3.50. The molecule has 0 atom stereocenters. The normalized spacial score (nSPS) is 11.5. The highest BCUT2D eigenvalue weighted by atomic mass is 35.5. The largest absolute Gasteiger partial charge is 0.455 e. The fourth-order valence-corrected chi connectivity index (χ4v) is 4.08. The Bertz CT molecular complexity index is 1560. The highest BCUT2D eigenvalue weighted by Crippen LogP contribution is 2.39. The topological polar surface area (TPSA) is 51.8 Å². The minimum atomic E-state index is 0.167. The van der Waals surface area contributed by atoms with Crippen molar-refractivity contribution in [1.82, 2.24) is 15.0 Å². The summed E-state index contributed by atoms with van der Waals surface area (Å²) in [5.74, 6) is 1.09. The molecule has 6 rings (SSSR count). The lowest BCUT2D eigenvalue weighted by Crippen LogP contribution is -1.97. The first-order valence-electron chi connectivity index (χ1n) is 9.58. The summed E-state index contributed by atoms with van der Waals surface area (Å²) in [6.07, 6.45) is 0. The molecule has 5 heteroatoms. The Morgan fingerprint density at radius 3 is 2.10 bits per heavy atom. The third-order valence-corrected chi connectivity index (χ3v) is 5.43. The second-order valence-corrected chi connectivity index (χ2v) is 7.40. The number of benzene rings is 4. The van der Waals surface area contributed by atoms with Gasteiger partial charge in [0.2, 0.25) is 5.28 Å². The predicted octanol–water partition coefficient (Wildman–Crippen LogP) is 6.91. The Hall–Kier alpha value is -3.76. The van der Waals surface area contributed by atoms with Gasteiger partial charge in [0.1, 0.15) is 11.2 Å². The Kier molecular flexibility index (Phi) is 3.79. The summed E-state index contributed by atoms with van der Waals surface area (Å²) < 4.78 is 6.19. The molecular formula is C25H14ClN3O. The SMILES string of the molecule is Clc1nc(-c2ccccc2)nc(-c2cc3c4ccccc4oc3c3ccccc23)n1. The van der Waals surface area contributed by atoms with Gasteiger partial charge in [-0.3, -0.25) is 0 Å². The maximum absolute atomic E-state index is 6.31. The van der Waals surface area contributed by atoms with Crippen molar-refractivity contribution in [2.75, 3.05) is 0 Å². The number of aromatic nitrogens is 3. The molecule has 0 aliphatic heterocycles. The standard InChI is InChI=1S/C25H14ClN3O/c26-25-28-23(15-8-2-1-3-9-15)27-24(29-25)20-14-19-17-11-6-7-13-21(17)30-22(19)18-12-5-4-10-16(18)20/h1-14H. The van der Waals surface area contributed by atoms with E-state index in [1.165, 1.54) is 0 Å². The quantitative estimate of drug-likeness (QED) is 0.313. The van der Waals surface area contributed by atoms with Crippen molar-refractivity contribution >= 4 is 44.3 Å². The molecule has 0 amide bonds. The van der Waals surface area contributed by atoms with Gasteiger partial charge in [-0.05, 0) is 29.1 Å². The summed E-state index contributed by atoms with van der Waals surface area (Å²) in [6, 6.07) is 28.0. The highest BCUT2D eigenvalue weighted by Gasteiger charge is 2.17. The van der Waals surface area contributed by atoms with Gasteiger partial charge in [0.25, 0.3) is 0 Å². The molecule has 30 heavy (non-hydrogen) atoms. The highest BCUT2D eigenvalue weighted by molar-refractivity contribution is 6.28. The van der Waals surface area contributed by atoms with Gasteiger partial charge in [-0.1, -0.05) is 72.8 Å². The Labute approximate surface area is 176 Å². The van der Waals surface area contributed by atoms with Crippen LogP contribution in [-0.2, 0) is 0 Å². The van der Waals surface area contributed by atoms with Gasteiger partial charge in [-0.2, -0.15) is 9.97 Å². The zero-order valence-electron chi connectivity index (χ0n) is 15.7. The van der Waals surface area contributed by atoms with Crippen LogP contribution in [0.25, 0.3) is 55.5 Å². The minimum Gasteiger partial charge on any atom is -0.455 e. The molecule has 4 nitrogen and oxygen atoms in total. The molecule has 6 aromatic rings. The molecule has 0 N–H and O–H groups in total. The van der Waals surface area contributed by atoms with E-state index in [1.54, 1.807) is 0 Å². The van der Waals surface area contributed by atoms with Crippen LogP contribution in [0.3, 0.4) is 0 Å². The van der Waals surface area contributed by atoms with Crippen LogP contribution in [0, 0.1) is 0 Å². The Morgan fingerprint density at radius 1 is 0.600 bits per heavy atom. The number of para-hydroxylation sites is 1. The minimum absolute atomic E-state index is 0.167. The molecule has 2 aromatic heterocycles. The smallest absolute Gasteiger partial charge is 0.226 e. The van der Waals surface area contributed by atoms with Gasteiger partial charge < -0.3 is 4.42 Å². The fourth-order valence-electron chi connectivity index (χ4n) is 3.92. The van der Waals surface area contributed by atoms with Crippen molar-refractivity contribution < 1.29 is 4.42 Å². The molecule has 0 bridgehead atoms. The molecule has 142 valence electrons. The van der Waals surface area contributed by atoms with Gasteiger partial charge in [0.05, 0.1) is 0 Å². The van der Waals surface area contributed by atoms with Gasteiger partial charge in [-0.15, -0.1) is 0 Å². The Balaban J connectivity index is 1.70. The first kappa shape index (κ1) is 17.1. The summed E-state index contributed by atoms with van der Waals surface area (Å²) >= 11 is 6.31. The van der Waals surface area contributed by atoms with E-state index in [0.717, 1.165) is 43.8 Å². The van der Waals surface area contributed by atoms with Crippen molar-refractivity contribution in [2.24, 2.45) is 0 Å². The molecule has 0 fully saturated rings. The zero-order valence-corrected chi connectivity index (χ0v) is 16.5. The van der Waals surface area contributed by atoms with Gasteiger partial charge in [0, 0.05) is 27.3 Å². The lowest BCUT2D eigenvalue weighted by atomic mass is 9.99. The molecule has 0 aliphatic carbocycles. The van der Waals surface area contributed by atoms with Gasteiger partial charge >= 0.3 is 0 Å². The predicted molar refractivity (Wildman–Crippen MR) is 120 cm³/mol. The summed E-state index contributed by atoms with van der Waals surface area (Å²) in [5, 5.41) is 4.27. The average molecular weight is 408 g/mol. The summed E-state index contributed by atoms with van der Waals surface area (Å²) in [6.45, 7) is 0. The maximum atomic E-state index is 6.31. The van der Waals surface area contributed by atoms with Crippen molar-refractivity contribution in [3.63, 3.8) is 0 Å². The van der Waals surface area contributed by atoms with Crippen LogP contribution in [0.4, 0.5) is 0 Å². The van der Waals surface area contributed by atoms with Crippen LogP contribution < -0.4 is 0 Å². The van der Waals surface area contributed by atoms with E-state index in [4.69, 9.17) is 21.0 Å². The van der Waals surface area contributed by atoms with Gasteiger partial charge in [0.15, 0.2) is 11.6 Å². The number of hydrogen-bond donors (Lipinski definition) is 0. The monoisotopic (exact) mass is 407 g/mol. The first-order valence-corrected chi connectivity index (χ1v) is 9.96. The van der Waals surface area contributed by atoms with Crippen LogP contribution in [-0.4, -0.2) is 15.0 Å². The number of hydrogen-bond acceptors (Lipinski definition) is 4. The number of nitrogens with zero attached hydrogens (tertiary/aromatic N) is 3. The third kappa shape index (κ3) is 2.65. The fraction of sp³-hybridized carbons (Fsp3) is 0. The van der Waals surface area contributed by atoms with Crippen LogP contribution >= 0.6 is 11.6 Å². The van der Waals surface area contributed by atoms with E-state index in [2.05, 4.69) is 34.2 Å². The molecule has 4 aromatic carbocycles. The van der Waals surface area contributed by atoms with E-state index < -0.39 is 0 Å². The molecule has 2 heterocycles. The van der Waals surface area contributed by atoms with Gasteiger partial charge in [-0.25, -0.2) is 4.98 Å². The number of fused-ring (bicyclic) bond motifs is 5. The van der Waals surface area contributed by atoms with E-state index in [-0.39, 0.29) is 5.28 Å². The van der Waals surface area contributed by atoms with Crippen molar-refractivity contribution in [1.29, 1.82) is 0 Å². The third-order valence-electron chi connectivity index (χ3n) is 5.27. The average Bonchev–Trinajstić information content (AvgIpc) is 3.18. The molecule has 0 unspecified atom stereocenters. The zero-order chi connectivity index (χ0) is 20.1.